The van der Waals surface area contributed by atoms with Crippen LogP contribution < -0.4 is 5.73 Å². The van der Waals surface area contributed by atoms with Crippen LogP contribution in [0.2, 0.25) is 0 Å². The summed E-state index contributed by atoms with van der Waals surface area (Å²) >= 11 is 0. The quantitative estimate of drug-likeness (QED) is 0.932. The molecule has 0 fully saturated rings. The summed E-state index contributed by atoms with van der Waals surface area (Å²) in [6.07, 6.45) is 0. The highest BCUT2D eigenvalue weighted by molar-refractivity contribution is 5.54. The Bertz CT molecular complexity index is 575. The van der Waals surface area contributed by atoms with Gasteiger partial charge in [-0.2, -0.15) is 4.98 Å². The Morgan fingerprint density at radius 3 is 2.26 bits per heavy atom. The van der Waals surface area contributed by atoms with E-state index in [1.807, 2.05) is 13.8 Å². The Balaban J connectivity index is 2.44. The molecule has 1 atom stereocenters. The van der Waals surface area contributed by atoms with E-state index in [9.17, 15) is 13.2 Å². The molecule has 1 aromatic heterocycles. The first-order valence-electron chi connectivity index (χ1n) is 5.64. The SMILES string of the molecule is CC(C)C(N)c1noc(-c2c(F)cc(F)cc2F)n1. The maximum atomic E-state index is 13.5. The highest BCUT2D eigenvalue weighted by Crippen LogP contribution is 2.27. The summed E-state index contributed by atoms with van der Waals surface area (Å²) in [7, 11) is 0. The summed E-state index contributed by atoms with van der Waals surface area (Å²) < 4.78 is 44.6. The van der Waals surface area contributed by atoms with Crippen molar-refractivity contribution in [2.24, 2.45) is 11.7 Å². The van der Waals surface area contributed by atoms with E-state index in [0.717, 1.165) is 0 Å². The van der Waals surface area contributed by atoms with Gasteiger partial charge in [0.05, 0.1) is 6.04 Å². The number of halogens is 3. The second-order valence-corrected chi connectivity index (χ2v) is 4.47. The van der Waals surface area contributed by atoms with E-state index in [0.29, 0.717) is 12.1 Å². The molecule has 0 saturated heterocycles. The van der Waals surface area contributed by atoms with Crippen LogP contribution in [0.15, 0.2) is 16.7 Å². The Labute approximate surface area is 107 Å². The standard InChI is InChI=1S/C12H12F3N3O/c1-5(2)10(16)11-17-12(19-18-11)9-7(14)3-6(13)4-8(9)15/h3-5,10H,16H2,1-2H3. The Kier molecular flexibility index (Phi) is 3.57. The first-order valence-corrected chi connectivity index (χ1v) is 5.64. The average Bonchev–Trinajstić information content (AvgIpc) is 2.75. The van der Waals surface area contributed by atoms with Gasteiger partial charge in [0, 0.05) is 12.1 Å². The summed E-state index contributed by atoms with van der Waals surface area (Å²) in [5.41, 5.74) is 5.24. The van der Waals surface area contributed by atoms with Crippen LogP contribution in [0, 0.1) is 23.4 Å². The molecule has 7 heteroatoms. The van der Waals surface area contributed by atoms with Gasteiger partial charge in [-0.1, -0.05) is 19.0 Å². The lowest BCUT2D eigenvalue weighted by Crippen LogP contribution is -2.18. The van der Waals surface area contributed by atoms with Crippen LogP contribution in [0.25, 0.3) is 11.5 Å². The van der Waals surface area contributed by atoms with Crippen molar-refractivity contribution in [3.8, 4) is 11.5 Å². The predicted molar refractivity (Wildman–Crippen MR) is 61.4 cm³/mol. The minimum absolute atomic E-state index is 0.0355. The Morgan fingerprint density at radius 2 is 1.74 bits per heavy atom. The minimum Gasteiger partial charge on any atom is -0.334 e. The van der Waals surface area contributed by atoms with E-state index in [-0.39, 0.29) is 17.6 Å². The van der Waals surface area contributed by atoms with Gasteiger partial charge < -0.3 is 10.3 Å². The monoisotopic (exact) mass is 271 g/mol. The minimum atomic E-state index is -1.11. The molecule has 102 valence electrons. The van der Waals surface area contributed by atoms with Crippen LogP contribution in [-0.4, -0.2) is 10.1 Å². The van der Waals surface area contributed by atoms with E-state index in [1.54, 1.807) is 0 Å². The molecule has 0 aliphatic heterocycles. The van der Waals surface area contributed by atoms with Gasteiger partial charge in [-0.3, -0.25) is 0 Å². The molecule has 0 radical (unpaired) electrons. The van der Waals surface area contributed by atoms with Gasteiger partial charge in [-0.15, -0.1) is 0 Å². The van der Waals surface area contributed by atoms with Gasteiger partial charge in [0.1, 0.15) is 23.0 Å². The van der Waals surface area contributed by atoms with Gasteiger partial charge in [0.25, 0.3) is 5.89 Å². The molecule has 4 nitrogen and oxygen atoms in total. The van der Waals surface area contributed by atoms with Crippen LogP contribution in [-0.2, 0) is 0 Å². The molecule has 0 spiro atoms. The summed E-state index contributed by atoms with van der Waals surface area (Å²) in [6.45, 7) is 3.69. The van der Waals surface area contributed by atoms with Crippen molar-refractivity contribution in [3.63, 3.8) is 0 Å². The van der Waals surface area contributed by atoms with E-state index in [2.05, 4.69) is 10.1 Å². The van der Waals surface area contributed by atoms with Gasteiger partial charge in [0.15, 0.2) is 5.82 Å². The first kappa shape index (κ1) is 13.5. The number of hydrogen-bond acceptors (Lipinski definition) is 4. The van der Waals surface area contributed by atoms with Gasteiger partial charge in [-0.25, -0.2) is 13.2 Å². The van der Waals surface area contributed by atoms with Crippen LogP contribution in [0.4, 0.5) is 13.2 Å². The molecule has 0 aliphatic rings. The van der Waals surface area contributed by atoms with Crippen molar-refractivity contribution < 1.29 is 17.7 Å². The van der Waals surface area contributed by atoms with E-state index in [4.69, 9.17) is 10.3 Å². The number of benzene rings is 1. The summed E-state index contributed by atoms with van der Waals surface area (Å²) in [6, 6.07) is 0.582. The third-order valence-corrected chi connectivity index (χ3v) is 2.68. The van der Waals surface area contributed by atoms with Crippen LogP contribution in [0.1, 0.15) is 25.7 Å². The molecule has 2 rings (SSSR count). The molecule has 0 saturated carbocycles. The molecule has 2 aromatic rings. The third-order valence-electron chi connectivity index (χ3n) is 2.68. The smallest absolute Gasteiger partial charge is 0.263 e. The van der Waals surface area contributed by atoms with Crippen molar-refractivity contribution in [2.75, 3.05) is 0 Å². The van der Waals surface area contributed by atoms with E-state index < -0.39 is 29.1 Å². The van der Waals surface area contributed by atoms with Crippen molar-refractivity contribution in [3.05, 3.63) is 35.4 Å². The molecule has 1 heterocycles. The largest absolute Gasteiger partial charge is 0.334 e. The Morgan fingerprint density at radius 1 is 1.16 bits per heavy atom. The maximum Gasteiger partial charge on any atom is 0.263 e. The number of rotatable bonds is 3. The first-order chi connectivity index (χ1) is 8.90. The molecule has 0 bridgehead atoms. The molecule has 19 heavy (non-hydrogen) atoms. The molecule has 1 aromatic carbocycles. The van der Waals surface area contributed by atoms with Crippen LogP contribution in [0.3, 0.4) is 0 Å². The highest BCUT2D eigenvalue weighted by atomic mass is 19.1. The normalized spacial score (nSPS) is 13.0. The lowest BCUT2D eigenvalue weighted by Gasteiger charge is -2.09. The van der Waals surface area contributed by atoms with Crippen molar-refractivity contribution in [1.29, 1.82) is 0 Å². The lowest BCUT2D eigenvalue weighted by atomic mass is 10.1. The topological polar surface area (TPSA) is 64.9 Å². The zero-order valence-electron chi connectivity index (χ0n) is 10.3. The third kappa shape index (κ3) is 2.60. The van der Waals surface area contributed by atoms with Gasteiger partial charge in [0.2, 0.25) is 0 Å². The van der Waals surface area contributed by atoms with Crippen molar-refractivity contribution in [2.45, 2.75) is 19.9 Å². The Hall–Kier alpha value is -1.89. The average molecular weight is 271 g/mol. The lowest BCUT2D eigenvalue weighted by molar-refractivity contribution is 0.396. The molecule has 0 aliphatic carbocycles. The van der Waals surface area contributed by atoms with Crippen molar-refractivity contribution >= 4 is 0 Å². The van der Waals surface area contributed by atoms with Crippen molar-refractivity contribution in [1.82, 2.24) is 10.1 Å². The number of nitrogens with zero attached hydrogens (tertiary/aromatic N) is 2. The predicted octanol–water partition coefficient (Wildman–Crippen LogP) is 2.81. The number of hydrogen-bond donors (Lipinski definition) is 1. The number of aromatic nitrogens is 2. The number of nitrogens with two attached hydrogens (primary N) is 1. The van der Waals surface area contributed by atoms with Crippen LogP contribution >= 0.6 is 0 Å². The fourth-order valence-electron chi connectivity index (χ4n) is 1.52. The van der Waals surface area contributed by atoms with Crippen LogP contribution in [0.5, 0.6) is 0 Å². The molecular formula is C12H12F3N3O. The second-order valence-electron chi connectivity index (χ2n) is 4.47. The van der Waals surface area contributed by atoms with E-state index >= 15 is 0 Å². The molecule has 1 unspecified atom stereocenters. The maximum absolute atomic E-state index is 13.5. The van der Waals surface area contributed by atoms with Gasteiger partial charge in [-0.05, 0) is 5.92 Å². The second kappa shape index (κ2) is 5.00. The molecular weight excluding hydrogens is 259 g/mol. The fourth-order valence-corrected chi connectivity index (χ4v) is 1.52. The fraction of sp³-hybridized carbons (Fsp3) is 0.333. The highest BCUT2D eigenvalue weighted by Gasteiger charge is 2.22. The van der Waals surface area contributed by atoms with Gasteiger partial charge >= 0.3 is 0 Å². The zero-order valence-corrected chi connectivity index (χ0v) is 10.3. The summed E-state index contributed by atoms with van der Waals surface area (Å²) in [4.78, 5) is 3.85. The molecule has 2 N–H and O–H groups in total. The molecule has 0 amide bonds. The summed E-state index contributed by atoms with van der Waals surface area (Å²) in [5.74, 6) is -3.41. The van der Waals surface area contributed by atoms with E-state index in [1.165, 1.54) is 0 Å². The zero-order chi connectivity index (χ0) is 14.2. The summed E-state index contributed by atoms with van der Waals surface area (Å²) in [5, 5.41) is 3.58.